The van der Waals surface area contributed by atoms with Gasteiger partial charge in [0.05, 0.1) is 11.0 Å². The molecule has 6 heteroatoms. The summed E-state index contributed by atoms with van der Waals surface area (Å²) in [6, 6.07) is 19.0. The van der Waals surface area contributed by atoms with E-state index in [1.54, 1.807) is 19.2 Å². The fourth-order valence-corrected chi connectivity index (χ4v) is 3.24. The molecule has 0 saturated heterocycles. The molecule has 2 aromatic heterocycles. The van der Waals surface area contributed by atoms with Gasteiger partial charge in [0.15, 0.2) is 0 Å². The molecule has 2 heterocycles. The lowest BCUT2D eigenvalue weighted by Gasteiger charge is -2.08. The largest absolute Gasteiger partial charge is 0.342 e. The van der Waals surface area contributed by atoms with E-state index in [0.29, 0.717) is 5.69 Å². The number of para-hydroxylation sites is 2. The number of hydrogen-bond acceptors (Lipinski definition) is 3. The highest BCUT2D eigenvalue weighted by molar-refractivity contribution is 6.04. The Morgan fingerprint density at radius 3 is 2.55 bits per heavy atom. The predicted molar refractivity (Wildman–Crippen MR) is 114 cm³/mol. The Balaban J connectivity index is 1.40. The van der Waals surface area contributed by atoms with Crippen LogP contribution in [-0.4, -0.2) is 20.4 Å². The Hall–Kier alpha value is -3.67. The number of imidazole rings is 1. The maximum Gasteiger partial charge on any atom is 0.263 e. The summed E-state index contributed by atoms with van der Waals surface area (Å²) in [6.45, 7) is 1.83. The maximum atomic E-state index is 12.4. The zero-order valence-electron chi connectivity index (χ0n) is 16.4. The molecule has 4 aromatic rings. The van der Waals surface area contributed by atoms with Gasteiger partial charge >= 0.3 is 0 Å². The van der Waals surface area contributed by atoms with Gasteiger partial charge in [-0.25, -0.2) is 4.98 Å². The summed E-state index contributed by atoms with van der Waals surface area (Å²) >= 11 is 0. The summed E-state index contributed by atoms with van der Waals surface area (Å²) in [5.74, 6) is 0.555. The number of benzene rings is 2. The van der Waals surface area contributed by atoms with E-state index < -0.39 is 5.91 Å². The van der Waals surface area contributed by atoms with Gasteiger partial charge < -0.3 is 14.9 Å². The molecule has 1 amide bonds. The van der Waals surface area contributed by atoms with Crippen LogP contribution < -0.4 is 10.9 Å². The molecule has 0 radical (unpaired) electrons. The van der Waals surface area contributed by atoms with E-state index in [-0.39, 0.29) is 11.1 Å². The van der Waals surface area contributed by atoms with Crippen molar-refractivity contribution in [1.29, 1.82) is 0 Å². The third-order valence-corrected chi connectivity index (χ3v) is 5.10. The van der Waals surface area contributed by atoms with Crippen molar-refractivity contribution in [2.45, 2.75) is 19.8 Å². The Labute approximate surface area is 168 Å². The number of fused-ring (bicyclic) bond motifs is 1. The quantitative estimate of drug-likeness (QED) is 0.550. The molecule has 0 aliphatic heterocycles. The van der Waals surface area contributed by atoms with Crippen LogP contribution in [0.25, 0.3) is 11.0 Å². The normalized spacial score (nSPS) is 11.0. The molecule has 146 valence electrons. The van der Waals surface area contributed by atoms with E-state index in [0.717, 1.165) is 41.0 Å². The van der Waals surface area contributed by atoms with Crippen LogP contribution in [0.2, 0.25) is 0 Å². The number of carbonyl (C=O) groups excluding carboxylic acids is 1. The number of carbonyl (C=O) groups is 1. The second kappa shape index (κ2) is 7.75. The number of nitrogens with one attached hydrogen (secondary N) is 2. The number of aromatic nitrogens is 3. The topological polar surface area (TPSA) is 79.8 Å². The molecule has 0 aliphatic rings. The van der Waals surface area contributed by atoms with Crippen molar-refractivity contribution in [2.24, 2.45) is 7.05 Å². The van der Waals surface area contributed by atoms with Gasteiger partial charge in [-0.2, -0.15) is 0 Å². The number of aromatic amines is 1. The first-order valence-corrected chi connectivity index (χ1v) is 9.52. The number of aryl methyl sites for hydroxylation is 3. The molecular formula is C23H22N4O2. The second-order valence-corrected chi connectivity index (χ2v) is 7.10. The highest BCUT2D eigenvalue weighted by atomic mass is 16.2. The minimum atomic E-state index is -0.402. The molecule has 0 spiro atoms. The van der Waals surface area contributed by atoms with E-state index in [9.17, 15) is 9.59 Å². The summed E-state index contributed by atoms with van der Waals surface area (Å²) in [5, 5.41) is 2.79. The van der Waals surface area contributed by atoms with Gasteiger partial charge in [0.1, 0.15) is 11.4 Å². The first-order chi connectivity index (χ1) is 14.0. The molecule has 2 N–H and O–H groups in total. The van der Waals surface area contributed by atoms with Crippen molar-refractivity contribution in [3.05, 3.63) is 93.7 Å². The summed E-state index contributed by atoms with van der Waals surface area (Å²) in [4.78, 5) is 32.6. The molecule has 0 atom stereocenters. The van der Waals surface area contributed by atoms with E-state index >= 15 is 0 Å². The van der Waals surface area contributed by atoms with Gasteiger partial charge in [-0.1, -0.05) is 24.3 Å². The van der Waals surface area contributed by atoms with Crippen LogP contribution in [0.4, 0.5) is 5.69 Å². The highest BCUT2D eigenvalue weighted by Crippen LogP contribution is 2.15. The molecule has 0 bridgehead atoms. The van der Waals surface area contributed by atoms with E-state index in [1.807, 2.05) is 55.5 Å². The minimum absolute atomic E-state index is 0.132. The molecule has 2 aromatic carbocycles. The molecule has 29 heavy (non-hydrogen) atoms. The van der Waals surface area contributed by atoms with Gasteiger partial charge in [0.2, 0.25) is 0 Å². The number of hydrogen-bond donors (Lipinski definition) is 2. The first kappa shape index (κ1) is 18.7. The summed E-state index contributed by atoms with van der Waals surface area (Å²) in [7, 11) is 1.66. The van der Waals surface area contributed by atoms with Crippen LogP contribution in [0.3, 0.4) is 0 Å². The average Bonchev–Trinajstić information content (AvgIpc) is 3.14. The third-order valence-electron chi connectivity index (χ3n) is 5.10. The smallest absolute Gasteiger partial charge is 0.263 e. The van der Waals surface area contributed by atoms with Crippen LogP contribution in [0, 0.1) is 6.92 Å². The van der Waals surface area contributed by atoms with Gasteiger partial charge in [-0.05, 0) is 55.3 Å². The lowest BCUT2D eigenvalue weighted by atomic mass is 10.1. The maximum absolute atomic E-state index is 12.4. The van der Waals surface area contributed by atoms with Gasteiger partial charge in [0.25, 0.3) is 11.5 Å². The summed E-state index contributed by atoms with van der Waals surface area (Å²) in [5.41, 5.74) is 4.46. The van der Waals surface area contributed by atoms with Crippen LogP contribution in [0.5, 0.6) is 0 Å². The molecule has 6 nitrogen and oxygen atoms in total. The number of nitrogens with zero attached hydrogens (tertiary/aromatic N) is 2. The summed E-state index contributed by atoms with van der Waals surface area (Å²) < 4.78 is 1.47. The van der Waals surface area contributed by atoms with E-state index in [1.165, 1.54) is 4.57 Å². The highest BCUT2D eigenvalue weighted by Gasteiger charge is 2.12. The molecular weight excluding hydrogens is 364 g/mol. The Morgan fingerprint density at radius 2 is 1.79 bits per heavy atom. The standard InChI is InChI=1S/C23H22N4O2/c1-15-7-13-18(23(29)27(15)2)22(28)24-17-11-8-16(9-12-17)10-14-21-25-19-5-3-4-6-20(19)26-21/h3-9,11-13H,10,14H2,1-2H3,(H,24,28)(H,25,26). The van der Waals surface area contributed by atoms with Crippen LogP contribution in [0.1, 0.15) is 27.4 Å². The molecule has 0 fully saturated rings. The molecule has 0 unspecified atom stereocenters. The third kappa shape index (κ3) is 3.96. The number of pyridine rings is 1. The van der Waals surface area contributed by atoms with Crippen LogP contribution in [0.15, 0.2) is 65.5 Å². The number of amides is 1. The summed E-state index contributed by atoms with van der Waals surface area (Å²) in [6.07, 6.45) is 1.65. The lowest BCUT2D eigenvalue weighted by molar-refractivity contribution is 0.102. The van der Waals surface area contributed by atoms with Gasteiger partial charge in [-0.3, -0.25) is 9.59 Å². The molecule has 4 rings (SSSR count). The number of H-pyrrole nitrogens is 1. The molecule has 0 saturated carbocycles. The van der Waals surface area contributed by atoms with Gasteiger partial charge in [0, 0.05) is 24.8 Å². The number of anilines is 1. The Bertz CT molecular complexity index is 1200. The van der Waals surface area contributed by atoms with Crippen LogP contribution in [-0.2, 0) is 19.9 Å². The van der Waals surface area contributed by atoms with E-state index in [2.05, 4.69) is 15.3 Å². The fraction of sp³-hybridized carbons (Fsp3) is 0.174. The van der Waals surface area contributed by atoms with Crippen molar-refractivity contribution in [2.75, 3.05) is 5.32 Å². The molecule has 0 aliphatic carbocycles. The Morgan fingerprint density at radius 1 is 1.03 bits per heavy atom. The Kier molecular flexibility index (Phi) is 4.99. The van der Waals surface area contributed by atoms with Crippen molar-refractivity contribution in [3.8, 4) is 0 Å². The zero-order chi connectivity index (χ0) is 20.4. The predicted octanol–water partition coefficient (Wildman–Crippen LogP) is 3.61. The SMILES string of the molecule is Cc1ccc(C(=O)Nc2ccc(CCc3nc4ccccc4[nH]3)cc2)c(=O)n1C. The average molecular weight is 386 g/mol. The van der Waals surface area contributed by atoms with Crippen molar-refractivity contribution in [3.63, 3.8) is 0 Å². The minimum Gasteiger partial charge on any atom is -0.342 e. The van der Waals surface area contributed by atoms with Crippen molar-refractivity contribution < 1.29 is 4.79 Å². The monoisotopic (exact) mass is 386 g/mol. The first-order valence-electron chi connectivity index (χ1n) is 9.52. The number of rotatable bonds is 5. The van der Waals surface area contributed by atoms with E-state index in [4.69, 9.17) is 0 Å². The fourth-order valence-electron chi connectivity index (χ4n) is 3.24. The zero-order valence-corrected chi connectivity index (χ0v) is 16.4. The van der Waals surface area contributed by atoms with Crippen LogP contribution >= 0.6 is 0 Å². The van der Waals surface area contributed by atoms with Crippen molar-refractivity contribution in [1.82, 2.24) is 14.5 Å². The lowest BCUT2D eigenvalue weighted by Crippen LogP contribution is -2.28. The second-order valence-electron chi connectivity index (χ2n) is 7.10. The van der Waals surface area contributed by atoms with Gasteiger partial charge in [-0.15, -0.1) is 0 Å². The van der Waals surface area contributed by atoms with Crippen molar-refractivity contribution >= 4 is 22.6 Å².